The molecule has 0 saturated carbocycles. The first-order valence-electron chi connectivity index (χ1n) is 33.4. The highest BCUT2D eigenvalue weighted by atomic mass is 16.8. The average molecular weight is 1240 g/mol. The molecule has 0 aromatic rings. The van der Waals surface area contributed by atoms with E-state index in [4.69, 9.17) is 28.4 Å². The Labute approximate surface area is 512 Å². The molecule has 3 aliphatic rings. The monoisotopic (exact) mass is 1240 g/mol. The third kappa shape index (κ3) is 28.1. The maximum atomic E-state index is 13.4. The second-order valence-electron chi connectivity index (χ2n) is 24.7. The topological polar surface area (TPSA) is 373 Å². The Kier molecular flexibility index (Phi) is 40.9. The number of ether oxygens (including phenoxy) is 6. The molecule has 3 rings (SSSR count). The molecule has 3 fully saturated rings. The SMILES string of the molecule is CCCCCCCCCCCCCCCCCCCCCCC(O)C(COC1OC(CO)C(OC2OC(CO)C(O)C(OC3(C(=O)O)CC(O)C(NC(C)=O)C(C(O)C(O)CO)O3)C2O)C(O)C1O)NC(=O)CCCCCCCCCCCCCC. The van der Waals surface area contributed by atoms with Gasteiger partial charge in [-0.25, -0.2) is 4.79 Å². The van der Waals surface area contributed by atoms with Crippen LogP contribution < -0.4 is 10.6 Å². The summed E-state index contributed by atoms with van der Waals surface area (Å²) in [6.07, 6.45) is 9.74. The van der Waals surface area contributed by atoms with E-state index < -0.39 is 148 Å². The van der Waals surface area contributed by atoms with Crippen LogP contribution in [-0.2, 0) is 42.8 Å². The molecule has 14 N–H and O–H groups in total. The summed E-state index contributed by atoms with van der Waals surface area (Å²) in [6.45, 7) is 2.20. The number of hydrogen-bond donors (Lipinski definition) is 14. The number of nitrogens with one attached hydrogen (secondary N) is 2. The van der Waals surface area contributed by atoms with Crippen LogP contribution in [0.15, 0.2) is 0 Å². The van der Waals surface area contributed by atoms with Crippen molar-refractivity contribution in [2.75, 3.05) is 26.4 Å². The molecule has 23 heteroatoms. The van der Waals surface area contributed by atoms with Crippen LogP contribution in [0, 0.1) is 0 Å². The van der Waals surface area contributed by atoms with Gasteiger partial charge in [-0.1, -0.05) is 213 Å². The molecule has 2 amide bonds. The predicted octanol–water partition coefficient (Wildman–Crippen LogP) is 4.95. The van der Waals surface area contributed by atoms with Gasteiger partial charge in [0.15, 0.2) is 12.6 Å². The first kappa shape index (κ1) is 78.0. The molecule has 18 atom stereocenters. The number of carboxylic acids is 1. The van der Waals surface area contributed by atoms with E-state index in [1.807, 2.05) is 0 Å². The average Bonchev–Trinajstić information content (AvgIpc) is 0.900. The lowest BCUT2D eigenvalue weighted by molar-refractivity contribution is -0.386. The summed E-state index contributed by atoms with van der Waals surface area (Å²) in [6, 6.07) is -2.52. The molecule has 0 radical (unpaired) electrons. The van der Waals surface area contributed by atoms with Crippen LogP contribution >= 0.6 is 0 Å². The fourth-order valence-electron chi connectivity index (χ4n) is 11.9. The largest absolute Gasteiger partial charge is 0.477 e. The lowest BCUT2D eigenvalue weighted by Gasteiger charge is -2.50. The smallest absolute Gasteiger partial charge is 0.364 e. The minimum Gasteiger partial charge on any atom is -0.477 e. The number of carbonyl (C=O) groups excluding carboxylic acids is 2. The van der Waals surface area contributed by atoms with Crippen LogP contribution in [0.2, 0.25) is 0 Å². The molecule has 0 aromatic heterocycles. The Morgan fingerprint density at radius 2 is 1.01 bits per heavy atom. The van der Waals surface area contributed by atoms with E-state index >= 15 is 0 Å². The molecule has 506 valence electrons. The Hall–Kier alpha value is -2.27. The van der Waals surface area contributed by atoms with Gasteiger partial charge in [0.1, 0.15) is 67.1 Å². The van der Waals surface area contributed by atoms with Crippen molar-refractivity contribution in [3.05, 3.63) is 0 Å². The standard InChI is InChI=1S/C63H118N2O21/c1-4-6-8-10-12-14-16-18-19-20-21-22-23-24-25-26-28-30-32-34-36-45(70)44(65-50(73)37-35-33-31-29-27-17-15-13-11-9-7-5-2)42-81-60-55(77)54(76)57(49(41-68)83-60)84-61-56(78)59(53(75)48(40-67)82-61)86-63(62(79)80)38-46(71)51(64-43(3)69)58(85-63)52(74)47(72)39-66/h44-49,51-61,66-68,70-72,74-78H,4-42H2,1-3H3,(H,64,69)(H,65,73)(H,79,80). The van der Waals surface area contributed by atoms with Crippen molar-refractivity contribution in [3.8, 4) is 0 Å². The van der Waals surface area contributed by atoms with Gasteiger partial charge in [-0.2, -0.15) is 0 Å². The highest BCUT2D eigenvalue weighted by molar-refractivity contribution is 5.77. The van der Waals surface area contributed by atoms with Gasteiger partial charge in [-0.05, 0) is 12.8 Å². The van der Waals surface area contributed by atoms with Gasteiger partial charge in [0.05, 0.1) is 50.7 Å². The maximum absolute atomic E-state index is 13.4. The summed E-state index contributed by atoms with van der Waals surface area (Å²) in [5.41, 5.74) is 0. The van der Waals surface area contributed by atoms with E-state index in [1.165, 1.54) is 141 Å². The van der Waals surface area contributed by atoms with E-state index in [0.29, 0.717) is 19.3 Å². The Morgan fingerprint density at radius 1 is 0.558 bits per heavy atom. The van der Waals surface area contributed by atoms with E-state index in [9.17, 15) is 75.7 Å². The fraction of sp³-hybridized carbons (Fsp3) is 0.952. The quantitative estimate of drug-likeness (QED) is 0.0358. The molecule has 18 unspecified atom stereocenters. The fourth-order valence-corrected chi connectivity index (χ4v) is 11.9. The molecule has 3 aliphatic heterocycles. The molecule has 0 aromatic carbocycles. The summed E-state index contributed by atoms with van der Waals surface area (Å²) in [5.74, 6) is -6.09. The van der Waals surface area contributed by atoms with Crippen molar-refractivity contribution in [2.24, 2.45) is 0 Å². The van der Waals surface area contributed by atoms with Gasteiger partial charge in [-0.3, -0.25) is 9.59 Å². The van der Waals surface area contributed by atoms with Crippen LogP contribution in [0.3, 0.4) is 0 Å². The Balaban J connectivity index is 1.60. The van der Waals surface area contributed by atoms with Crippen LogP contribution in [-0.4, -0.2) is 215 Å². The van der Waals surface area contributed by atoms with E-state index in [0.717, 1.165) is 58.3 Å². The van der Waals surface area contributed by atoms with Crippen LogP contribution in [0.4, 0.5) is 0 Å². The molecule has 0 bridgehead atoms. The Morgan fingerprint density at radius 3 is 1.45 bits per heavy atom. The zero-order chi connectivity index (χ0) is 63.3. The van der Waals surface area contributed by atoms with E-state index in [-0.39, 0.29) is 18.9 Å². The first-order chi connectivity index (χ1) is 41.4. The third-order valence-corrected chi connectivity index (χ3v) is 17.3. The summed E-state index contributed by atoms with van der Waals surface area (Å²) in [4.78, 5) is 38.5. The lowest BCUT2D eigenvalue weighted by atomic mass is 9.88. The summed E-state index contributed by atoms with van der Waals surface area (Å²) in [5, 5.41) is 136. The molecule has 0 aliphatic carbocycles. The highest BCUT2D eigenvalue weighted by Gasteiger charge is 2.60. The van der Waals surface area contributed by atoms with Crippen molar-refractivity contribution >= 4 is 17.8 Å². The van der Waals surface area contributed by atoms with Crippen molar-refractivity contribution < 1.29 is 104 Å². The number of carboxylic acid groups (broad SMARTS) is 1. The molecular formula is C63H118N2O21. The number of unbranched alkanes of at least 4 members (excludes halogenated alkanes) is 30. The molecule has 86 heavy (non-hydrogen) atoms. The number of amides is 2. The summed E-state index contributed by atoms with van der Waals surface area (Å²) in [7, 11) is 0. The second-order valence-corrected chi connectivity index (χ2v) is 24.7. The maximum Gasteiger partial charge on any atom is 0.364 e. The van der Waals surface area contributed by atoms with Gasteiger partial charge in [0.25, 0.3) is 5.79 Å². The third-order valence-electron chi connectivity index (χ3n) is 17.3. The number of aliphatic hydroxyl groups excluding tert-OH is 11. The van der Waals surface area contributed by atoms with Crippen molar-refractivity contribution in [1.29, 1.82) is 0 Å². The van der Waals surface area contributed by atoms with Gasteiger partial charge >= 0.3 is 5.97 Å². The first-order valence-corrected chi connectivity index (χ1v) is 33.4. The van der Waals surface area contributed by atoms with Crippen LogP contribution in [0.1, 0.15) is 245 Å². The lowest BCUT2D eigenvalue weighted by Crippen LogP contribution is -2.70. The molecular weight excluding hydrogens is 1120 g/mol. The summed E-state index contributed by atoms with van der Waals surface area (Å²) < 4.78 is 34.8. The summed E-state index contributed by atoms with van der Waals surface area (Å²) >= 11 is 0. The van der Waals surface area contributed by atoms with Gasteiger partial charge in [-0.15, -0.1) is 0 Å². The zero-order valence-corrected chi connectivity index (χ0v) is 52.4. The minimum absolute atomic E-state index is 0.228. The zero-order valence-electron chi connectivity index (χ0n) is 52.4. The van der Waals surface area contributed by atoms with Crippen LogP contribution in [0.5, 0.6) is 0 Å². The number of carbonyl (C=O) groups is 3. The number of aliphatic hydroxyl groups is 11. The molecule has 3 saturated heterocycles. The molecule has 23 nitrogen and oxygen atoms in total. The van der Waals surface area contributed by atoms with Crippen molar-refractivity contribution in [3.63, 3.8) is 0 Å². The normalized spacial score (nSPS) is 29.3. The van der Waals surface area contributed by atoms with E-state index in [1.54, 1.807) is 0 Å². The van der Waals surface area contributed by atoms with Crippen molar-refractivity contribution in [2.45, 2.75) is 355 Å². The number of aliphatic carboxylic acids is 1. The van der Waals surface area contributed by atoms with Gasteiger partial charge < -0.3 is 100 Å². The van der Waals surface area contributed by atoms with E-state index in [2.05, 4.69) is 24.5 Å². The van der Waals surface area contributed by atoms with Gasteiger partial charge in [0.2, 0.25) is 11.8 Å². The number of hydrogen-bond acceptors (Lipinski definition) is 20. The predicted molar refractivity (Wildman–Crippen MR) is 320 cm³/mol. The highest BCUT2D eigenvalue weighted by Crippen LogP contribution is 2.39. The second kappa shape index (κ2) is 45.1. The minimum atomic E-state index is -3.08. The molecule has 3 heterocycles. The van der Waals surface area contributed by atoms with Gasteiger partial charge in [0, 0.05) is 19.8 Å². The number of rotatable bonds is 50. The molecule has 0 spiro atoms. The van der Waals surface area contributed by atoms with Crippen molar-refractivity contribution in [1.82, 2.24) is 10.6 Å². The van der Waals surface area contributed by atoms with Crippen LogP contribution in [0.25, 0.3) is 0 Å². The Bertz CT molecular complexity index is 1760.